The molecule has 110 valence electrons. The Kier molecular flexibility index (Phi) is 4.15. The van der Waals surface area contributed by atoms with Crippen molar-refractivity contribution in [3.63, 3.8) is 0 Å². The van der Waals surface area contributed by atoms with Gasteiger partial charge in [-0.05, 0) is 12.8 Å². The van der Waals surface area contributed by atoms with Crippen molar-refractivity contribution in [2.75, 3.05) is 22.6 Å². The van der Waals surface area contributed by atoms with Crippen molar-refractivity contribution >= 4 is 22.4 Å². The molecular formula is C15H18N4OS. The minimum atomic E-state index is -0.655. The normalized spacial score (nSPS) is 21.9. The molecule has 3 N–H and O–H groups in total. The lowest BCUT2D eigenvalue weighted by atomic mass is 10.1. The highest BCUT2D eigenvalue weighted by Gasteiger charge is 2.18. The van der Waals surface area contributed by atoms with Gasteiger partial charge in [0.1, 0.15) is 11.6 Å². The molecule has 0 radical (unpaired) electrons. The highest BCUT2D eigenvalue weighted by molar-refractivity contribution is 7.85. The van der Waals surface area contributed by atoms with Crippen molar-refractivity contribution in [3.05, 3.63) is 36.4 Å². The second kappa shape index (κ2) is 6.22. The van der Waals surface area contributed by atoms with Crippen molar-refractivity contribution in [3.8, 4) is 11.4 Å². The van der Waals surface area contributed by atoms with Crippen LogP contribution in [-0.4, -0.2) is 31.7 Å². The van der Waals surface area contributed by atoms with Crippen LogP contribution < -0.4 is 11.1 Å². The molecule has 0 spiro atoms. The lowest BCUT2D eigenvalue weighted by Gasteiger charge is -2.23. The van der Waals surface area contributed by atoms with E-state index in [9.17, 15) is 4.21 Å². The molecule has 1 fully saturated rings. The van der Waals surface area contributed by atoms with Gasteiger partial charge in [0.05, 0.1) is 0 Å². The van der Waals surface area contributed by atoms with Gasteiger partial charge in [0.2, 0.25) is 0 Å². The summed E-state index contributed by atoms with van der Waals surface area (Å²) in [6, 6.07) is 11.8. The first-order valence-corrected chi connectivity index (χ1v) is 8.51. The molecule has 0 atom stereocenters. The predicted octanol–water partition coefficient (Wildman–Crippen LogP) is 2.05. The van der Waals surface area contributed by atoms with E-state index >= 15 is 0 Å². The van der Waals surface area contributed by atoms with E-state index in [1.54, 1.807) is 6.07 Å². The Hall–Kier alpha value is -1.95. The quantitative estimate of drug-likeness (QED) is 0.907. The van der Waals surface area contributed by atoms with E-state index in [0.29, 0.717) is 17.7 Å². The van der Waals surface area contributed by atoms with Gasteiger partial charge in [-0.2, -0.15) is 0 Å². The number of nitrogens with two attached hydrogens (primary N) is 1. The maximum absolute atomic E-state index is 11.4. The van der Waals surface area contributed by atoms with Crippen LogP contribution in [0.5, 0.6) is 0 Å². The third kappa shape index (κ3) is 3.58. The monoisotopic (exact) mass is 302 g/mol. The zero-order valence-corrected chi connectivity index (χ0v) is 12.5. The molecule has 5 nitrogen and oxygen atoms in total. The molecule has 1 aromatic heterocycles. The van der Waals surface area contributed by atoms with Crippen molar-refractivity contribution in [2.45, 2.75) is 18.9 Å². The second-order valence-electron chi connectivity index (χ2n) is 5.13. The Morgan fingerprint density at radius 1 is 1.14 bits per heavy atom. The van der Waals surface area contributed by atoms with E-state index in [-0.39, 0.29) is 0 Å². The zero-order chi connectivity index (χ0) is 14.7. The van der Waals surface area contributed by atoms with Crippen molar-refractivity contribution in [1.82, 2.24) is 9.97 Å². The highest BCUT2D eigenvalue weighted by Crippen LogP contribution is 2.21. The molecule has 1 aliphatic rings. The molecule has 0 amide bonds. The Morgan fingerprint density at radius 2 is 1.86 bits per heavy atom. The number of nitrogen functional groups attached to an aromatic ring is 1. The topological polar surface area (TPSA) is 80.9 Å². The van der Waals surface area contributed by atoms with Gasteiger partial charge >= 0.3 is 0 Å². The minimum Gasteiger partial charge on any atom is -0.384 e. The van der Waals surface area contributed by atoms with E-state index in [2.05, 4.69) is 15.3 Å². The van der Waals surface area contributed by atoms with Crippen LogP contribution in [0.2, 0.25) is 0 Å². The number of nitrogens with zero attached hydrogens (tertiary/aromatic N) is 2. The summed E-state index contributed by atoms with van der Waals surface area (Å²) in [4.78, 5) is 8.83. The summed E-state index contributed by atoms with van der Waals surface area (Å²) in [7, 11) is -0.655. The Balaban J connectivity index is 1.80. The third-order valence-electron chi connectivity index (χ3n) is 3.52. The van der Waals surface area contributed by atoms with Crippen LogP contribution in [0.4, 0.5) is 11.6 Å². The SMILES string of the molecule is Nc1cc(NC2CCS(=O)CC2)nc(-c2ccccc2)n1. The van der Waals surface area contributed by atoms with Gasteiger partial charge in [0.15, 0.2) is 5.82 Å². The average Bonchev–Trinajstić information content (AvgIpc) is 2.50. The molecule has 21 heavy (non-hydrogen) atoms. The Labute approximate surface area is 126 Å². The van der Waals surface area contributed by atoms with Crippen LogP contribution in [0.15, 0.2) is 36.4 Å². The Morgan fingerprint density at radius 3 is 2.57 bits per heavy atom. The number of nitrogens with one attached hydrogen (secondary N) is 1. The number of benzene rings is 1. The first-order chi connectivity index (χ1) is 10.2. The maximum atomic E-state index is 11.4. The number of hydrogen-bond acceptors (Lipinski definition) is 5. The lowest BCUT2D eigenvalue weighted by Crippen LogP contribution is -2.29. The van der Waals surface area contributed by atoms with Gasteiger partial charge in [-0.3, -0.25) is 4.21 Å². The van der Waals surface area contributed by atoms with E-state index in [1.165, 1.54) is 0 Å². The molecule has 0 saturated carbocycles. The van der Waals surface area contributed by atoms with Crippen LogP contribution in [0.3, 0.4) is 0 Å². The fraction of sp³-hybridized carbons (Fsp3) is 0.333. The lowest BCUT2D eigenvalue weighted by molar-refractivity contribution is 0.622. The second-order valence-corrected chi connectivity index (χ2v) is 6.83. The van der Waals surface area contributed by atoms with Crippen molar-refractivity contribution in [1.29, 1.82) is 0 Å². The standard InChI is InChI=1S/C15H18N4OS/c16-13-10-14(17-12-6-8-21(20)9-7-12)19-15(18-13)11-4-2-1-3-5-11/h1-5,10,12H,6-9H2,(H3,16,17,18,19). The van der Waals surface area contributed by atoms with Crippen LogP contribution in [0.25, 0.3) is 11.4 Å². The highest BCUT2D eigenvalue weighted by atomic mass is 32.2. The molecular weight excluding hydrogens is 284 g/mol. The van der Waals surface area contributed by atoms with Gasteiger partial charge in [-0.1, -0.05) is 30.3 Å². The fourth-order valence-electron chi connectivity index (χ4n) is 2.40. The molecule has 2 aromatic rings. The smallest absolute Gasteiger partial charge is 0.163 e. The Bertz CT molecular complexity index is 637. The summed E-state index contributed by atoms with van der Waals surface area (Å²) in [5.74, 6) is 3.32. The maximum Gasteiger partial charge on any atom is 0.163 e. The van der Waals surface area contributed by atoms with E-state index in [0.717, 1.165) is 35.7 Å². The third-order valence-corrected chi connectivity index (χ3v) is 4.90. The minimum absolute atomic E-state index is 0.306. The van der Waals surface area contributed by atoms with Gasteiger partial charge in [0, 0.05) is 40.0 Å². The molecule has 1 aliphatic heterocycles. The fourth-order valence-corrected chi connectivity index (χ4v) is 3.70. The summed E-state index contributed by atoms with van der Waals surface area (Å²) in [6.45, 7) is 0. The van der Waals surface area contributed by atoms with E-state index < -0.39 is 10.8 Å². The van der Waals surface area contributed by atoms with Crippen molar-refractivity contribution < 1.29 is 4.21 Å². The average molecular weight is 302 g/mol. The molecule has 0 aliphatic carbocycles. The molecule has 2 heterocycles. The molecule has 1 saturated heterocycles. The van der Waals surface area contributed by atoms with E-state index in [4.69, 9.17) is 5.73 Å². The summed E-state index contributed by atoms with van der Waals surface area (Å²) < 4.78 is 11.4. The van der Waals surface area contributed by atoms with Crippen LogP contribution in [-0.2, 0) is 10.8 Å². The zero-order valence-electron chi connectivity index (χ0n) is 11.7. The summed E-state index contributed by atoms with van der Waals surface area (Å²) in [5.41, 5.74) is 6.83. The van der Waals surface area contributed by atoms with Gasteiger partial charge in [-0.25, -0.2) is 9.97 Å². The van der Waals surface area contributed by atoms with Crippen LogP contribution in [0, 0.1) is 0 Å². The van der Waals surface area contributed by atoms with Crippen LogP contribution in [0.1, 0.15) is 12.8 Å². The summed E-state index contributed by atoms with van der Waals surface area (Å²) in [5, 5.41) is 3.39. The number of hydrogen-bond donors (Lipinski definition) is 2. The molecule has 0 bridgehead atoms. The molecule has 1 aromatic carbocycles. The number of aromatic nitrogens is 2. The summed E-state index contributed by atoms with van der Waals surface area (Å²) >= 11 is 0. The molecule has 6 heteroatoms. The molecule has 0 unspecified atom stereocenters. The first-order valence-electron chi connectivity index (χ1n) is 7.02. The van der Waals surface area contributed by atoms with Crippen molar-refractivity contribution in [2.24, 2.45) is 0 Å². The summed E-state index contributed by atoms with van der Waals surface area (Å²) in [6.07, 6.45) is 1.80. The molecule has 3 rings (SSSR count). The predicted molar refractivity (Wildman–Crippen MR) is 86.4 cm³/mol. The first kappa shape index (κ1) is 14.0. The van der Waals surface area contributed by atoms with Crippen LogP contribution >= 0.6 is 0 Å². The van der Waals surface area contributed by atoms with E-state index in [1.807, 2.05) is 30.3 Å². The van der Waals surface area contributed by atoms with Gasteiger partial charge in [0.25, 0.3) is 0 Å². The van der Waals surface area contributed by atoms with Gasteiger partial charge in [-0.15, -0.1) is 0 Å². The largest absolute Gasteiger partial charge is 0.384 e. The van der Waals surface area contributed by atoms with Gasteiger partial charge < -0.3 is 11.1 Å². The number of anilines is 2. The number of rotatable bonds is 3.